The number of phenols is 2. The quantitative estimate of drug-likeness (QED) is 0.0623. The summed E-state index contributed by atoms with van der Waals surface area (Å²) in [5.74, 6) is -0.823. The number of rotatable bonds is 8. The van der Waals surface area contributed by atoms with Crippen LogP contribution in [0.25, 0.3) is 0 Å². The average molecular weight is 619 g/mol. The van der Waals surface area contributed by atoms with Gasteiger partial charge in [-0.25, -0.2) is 19.2 Å². The second kappa shape index (κ2) is 14.1. The summed E-state index contributed by atoms with van der Waals surface area (Å²) in [6.45, 7) is 0. The molecule has 0 aliphatic rings. The number of carbonyl (C=O) groups excluding carboxylic acids is 4. The van der Waals surface area contributed by atoms with Crippen LogP contribution >= 0.6 is 0 Å². The summed E-state index contributed by atoms with van der Waals surface area (Å²) in [4.78, 5) is 49.9. The first-order valence-corrected chi connectivity index (χ1v) is 13.7. The van der Waals surface area contributed by atoms with E-state index >= 15 is 0 Å². The Bertz CT molecular complexity index is 1720. The maximum absolute atomic E-state index is 12.8. The van der Waals surface area contributed by atoms with E-state index in [0.717, 1.165) is 0 Å². The van der Waals surface area contributed by atoms with Crippen molar-refractivity contribution in [1.29, 1.82) is 0 Å². The second-order valence-corrected chi connectivity index (χ2v) is 9.66. The highest BCUT2D eigenvalue weighted by Crippen LogP contribution is 2.21. The molecule has 0 fully saturated rings. The Kier molecular flexibility index (Phi) is 9.39. The van der Waals surface area contributed by atoms with E-state index in [1.807, 2.05) is 0 Å². The zero-order valence-electron chi connectivity index (χ0n) is 23.9. The topological polar surface area (TPSA) is 175 Å². The van der Waals surface area contributed by atoms with Crippen LogP contribution < -0.4 is 30.7 Å². The number of urea groups is 2. The highest BCUT2D eigenvalue weighted by Gasteiger charge is 2.15. The van der Waals surface area contributed by atoms with Gasteiger partial charge in [-0.3, -0.25) is 0 Å². The molecule has 0 unspecified atom stereocenters. The molecular formula is C34H26N4O8. The fraction of sp³-hybridized carbons (Fsp3) is 0. The maximum Gasteiger partial charge on any atom is 0.343 e. The van der Waals surface area contributed by atoms with Crippen molar-refractivity contribution in [3.8, 4) is 23.0 Å². The molecule has 0 radical (unpaired) electrons. The smallest absolute Gasteiger partial charge is 0.343 e. The van der Waals surface area contributed by atoms with Crippen molar-refractivity contribution < 1.29 is 38.9 Å². The summed E-state index contributed by atoms with van der Waals surface area (Å²) in [7, 11) is 0. The first-order chi connectivity index (χ1) is 22.2. The van der Waals surface area contributed by atoms with E-state index in [1.54, 1.807) is 48.5 Å². The molecule has 0 aliphatic heterocycles. The molecule has 5 rings (SSSR count). The van der Waals surface area contributed by atoms with Gasteiger partial charge in [-0.05, 0) is 115 Å². The number of anilines is 4. The molecule has 6 N–H and O–H groups in total. The third-order valence-electron chi connectivity index (χ3n) is 6.23. The minimum atomic E-state index is -0.707. The van der Waals surface area contributed by atoms with Gasteiger partial charge in [0.15, 0.2) is 0 Å². The lowest BCUT2D eigenvalue weighted by atomic mass is 10.1. The van der Waals surface area contributed by atoms with Crippen LogP contribution in [0.1, 0.15) is 20.7 Å². The van der Waals surface area contributed by atoms with Crippen LogP contribution in [0.2, 0.25) is 0 Å². The van der Waals surface area contributed by atoms with E-state index in [9.17, 15) is 29.4 Å². The number of carbonyl (C=O) groups is 4. The van der Waals surface area contributed by atoms with Gasteiger partial charge in [0.2, 0.25) is 0 Å². The molecule has 0 heterocycles. The average Bonchev–Trinajstić information content (AvgIpc) is 3.05. The predicted molar refractivity (Wildman–Crippen MR) is 171 cm³/mol. The Morgan fingerprint density at radius 2 is 0.739 bits per heavy atom. The van der Waals surface area contributed by atoms with Gasteiger partial charge in [0.25, 0.3) is 0 Å². The van der Waals surface area contributed by atoms with Gasteiger partial charge in [0.05, 0.1) is 11.1 Å². The van der Waals surface area contributed by atoms with Gasteiger partial charge in [-0.15, -0.1) is 0 Å². The molecular weight excluding hydrogens is 592 g/mol. The molecule has 5 aromatic rings. The minimum absolute atomic E-state index is 0.0798. The summed E-state index contributed by atoms with van der Waals surface area (Å²) >= 11 is 0. The Morgan fingerprint density at radius 3 is 1.07 bits per heavy atom. The van der Waals surface area contributed by atoms with Crippen LogP contribution in [-0.2, 0) is 0 Å². The standard InChI is InChI=1S/C34H26N4O8/c39-27-12-4-23(5-13-27)35-33(43)37-25-8-16-29(17-9-25)45-31(41)21-2-1-3-22(20-21)32(42)46-30-18-10-26(11-19-30)38-34(44)36-24-6-14-28(40)15-7-24/h1-20,39-40H,(H2,35,37,43)(H2,36,38,44). The number of phenolic OH excluding ortho intramolecular Hbond substituents is 2. The highest BCUT2D eigenvalue weighted by atomic mass is 16.5. The highest BCUT2D eigenvalue weighted by molar-refractivity contribution is 6.01. The van der Waals surface area contributed by atoms with Crippen LogP contribution in [0, 0.1) is 0 Å². The Labute approximate surface area is 262 Å². The van der Waals surface area contributed by atoms with Crippen molar-refractivity contribution in [2.45, 2.75) is 0 Å². The third kappa shape index (κ3) is 8.61. The van der Waals surface area contributed by atoms with E-state index in [0.29, 0.717) is 22.7 Å². The molecule has 0 atom stereocenters. The number of amides is 4. The number of aromatic hydroxyl groups is 2. The largest absolute Gasteiger partial charge is 0.508 e. The maximum atomic E-state index is 12.8. The molecule has 0 aliphatic carbocycles. The Hall–Kier alpha value is -6.82. The van der Waals surface area contributed by atoms with Crippen LogP contribution in [0.4, 0.5) is 32.3 Å². The zero-order valence-corrected chi connectivity index (χ0v) is 23.9. The first-order valence-electron chi connectivity index (χ1n) is 13.7. The molecule has 0 bridgehead atoms. The zero-order chi connectivity index (χ0) is 32.5. The fourth-order valence-corrected chi connectivity index (χ4v) is 3.99. The van der Waals surface area contributed by atoms with Crippen molar-refractivity contribution >= 4 is 46.8 Å². The van der Waals surface area contributed by atoms with Crippen LogP contribution in [0.3, 0.4) is 0 Å². The molecule has 0 spiro atoms. The van der Waals surface area contributed by atoms with Gasteiger partial charge < -0.3 is 41.0 Å². The second-order valence-electron chi connectivity index (χ2n) is 9.66. The molecule has 46 heavy (non-hydrogen) atoms. The molecule has 230 valence electrons. The lowest BCUT2D eigenvalue weighted by Crippen LogP contribution is -2.19. The molecule has 12 heteroatoms. The van der Waals surface area contributed by atoms with Gasteiger partial charge in [-0.2, -0.15) is 0 Å². The summed E-state index contributed by atoms with van der Waals surface area (Å²) in [5.41, 5.74) is 2.11. The van der Waals surface area contributed by atoms with Crippen LogP contribution in [0.5, 0.6) is 23.0 Å². The minimum Gasteiger partial charge on any atom is -0.508 e. The van der Waals surface area contributed by atoms with Crippen molar-refractivity contribution in [3.05, 3.63) is 132 Å². The van der Waals surface area contributed by atoms with Crippen LogP contribution in [0.15, 0.2) is 121 Å². The monoisotopic (exact) mass is 618 g/mol. The number of nitrogens with one attached hydrogen (secondary N) is 4. The van der Waals surface area contributed by atoms with Crippen molar-refractivity contribution in [3.63, 3.8) is 0 Å². The molecule has 5 aromatic carbocycles. The van der Waals surface area contributed by atoms with E-state index in [2.05, 4.69) is 21.3 Å². The van der Waals surface area contributed by atoms with E-state index < -0.39 is 24.0 Å². The van der Waals surface area contributed by atoms with Crippen LogP contribution in [-0.4, -0.2) is 34.2 Å². The fourth-order valence-electron chi connectivity index (χ4n) is 3.99. The molecule has 12 nitrogen and oxygen atoms in total. The van der Waals surface area contributed by atoms with E-state index in [-0.39, 0.29) is 34.1 Å². The predicted octanol–water partition coefficient (Wildman–Crippen LogP) is 6.82. The van der Waals surface area contributed by atoms with Crippen molar-refractivity contribution in [2.75, 3.05) is 21.3 Å². The number of esters is 2. The molecule has 4 amide bonds. The third-order valence-corrected chi connectivity index (χ3v) is 6.23. The lowest BCUT2D eigenvalue weighted by Gasteiger charge is -2.10. The summed E-state index contributed by atoms with van der Waals surface area (Å²) in [5, 5.41) is 29.2. The van der Waals surface area contributed by atoms with E-state index in [4.69, 9.17) is 9.47 Å². The molecule has 0 aromatic heterocycles. The lowest BCUT2D eigenvalue weighted by molar-refractivity contribution is 0.0734. The van der Waals surface area contributed by atoms with Crippen molar-refractivity contribution in [2.24, 2.45) is 0 Å². The summed E-state index contributed by atoms with van der Waals surface area (Å²) in [6, 6.07) is 29.0. The number of hydrogen-bond acceptors (Lipinski definition) is 8. The Balaban J connectivity index is 1.11. The number of hydrogen-bond donors (Lipinski definition) is 6. The summed E-state index contributed by atoms with van der Waals surface area (Å²) < 4.78 is 10.8. The summed E-state index contributed by atoms with van der Waals surface area (Å²) in [6.07, 6.45) is 0. The number of benzene rings is 5. The van der Waals surface area contributed by atoms with Gasteiger partial charge in [-0.1, -0.05) is 6.07 Å². The molecule has 0 saturated heterocycles. The normalized spacial score (nSPS) is 10.3. The van der Waals surface area contributed by atoms with Gasteiger partial charge >= 0.3 is 24.0 Å². The van der Waals surface area contributed by atoms with E-state index in [1.165, 1.54) is 72.8 Å². The SMILES string of the molecule is O=C(Nc1ccc(O)cc1)Nc1ccc(OC(=O)c2cccc(C(=O)Oc3ccc(NC(=O)Nc4ccc(O)cc4)cc3)c2)cc1. The van der Waals surface area contributed by atoms with Crippen molar-refractivity contribution in [1.82, 2.24) is 0 Å². The van der Waals surface area contributed by atoms with Gasteiger partial charge in [0.1, 0.15) is 23.0 Å². The molecule has 0 saturated carbocycles. The number of ether oxygens (including phenoxy) is 2. The first kappa shape index (κ1) is 30.6. The van der Waals surface area contributed by atoms with Gasteiger partial charge in [0, 0.05) is 22.7 Å². The Morgan fingerprint density at radius 1 is 0.435 bits per heavy atom.